The third-order valence-electron chi connectivity index (χ3n) is 3.45. The fourth-order valence-corrected chi connectivity index (χ4v) is 4.12. The molecule has 0 radical (unpaired) electrons. The van der Waals surface area contributed by atoms with E-state index < -0.39 is 28.8 Å². The fraction of sp³-hybridized carbons (Fsp3) is 0.500. The summed E-state index contributed by atoms with van der Waals surface area (Å²) in [6, 6.07) is 2.43. The third kappa shape index (κ3) is 2.61. The van der Waals surface area contributed by atoms with Gasteiger partial charge in [-0.1, -0.05) is 19.9 Å². The zero-order valence-electron chi connectivity index (χ0n) is 11.4. The van der Waals surface area contributed by atoms with Crippen LogP contribution in [0, 0.1) is 11.6 Å². The molecule has 0 bridgehead atoms. The van der Waals surface area contributed by atoms with Crippen molar-refractivity contribution in [3.63, 3.8) is 0 Å². The highest BCUT2D eigenvalue weighted by atomic mass is 32.2. The first-order chi connectivity index (χ1) is 9.26. The van der Waals surface area contributed by atoms with E-state index in [2.05, 4.69) is 0 Å². The monoisotopic (exact) mass is 302 g/mol. The number of methoxy groups -OCH3 is 1. The van der Waals surface area contributed by atoms with Gasteiger partial charge in [0.05, 0.1) is 7.11 Å². The molecule has 1 fully saturated rings. The van der Waals surface area contributed by atoms with E-state index in [0.717, 1.165) is 6.07 Å². The summed E-state index contributed by atoms with van der Waals surface area (Å²) in [6.45, 7) is 3.89. The lowest BCUT2D eigenvalue weighted by atomic mass is 9.87. The van der Waals surface area contributed by atoms with Crippen molar-refractivity contribution in [2.24, 2.45) is 0 Å². The average Bonchev–Trinajstić information content (AvgIpc) is 2.68. The lowest BCUT2D eigenvalue weighted by Gasteiger charge is -2.19. The minimum atomic E-state index is -1.07. The minimum absolute atomic E-state index is 0.195. The van der Waals surface area contributed by atoms with E-state index in [4.69, 9.17) is 4.74 Å². The maximum absolute atomic E-state index is 13.8. The molecule has 6 heteroatoms. The van der Waals surface area contributed by atoms with Crippen molar-refractivity contribution in [2.45, 2.75) is 36.2 Å². The zero-order chi connectivity index (χ0) is 15.1. The molecule has 2 unspecified atom stereocenters. The van der Waals surface area contributed by atoms with E-state index in [9.17, 15) is 18.7 Å². The Balaban J connectivity index is 2.50. The highest BCUT2D eigenvalue weighted by Crippen LogP contribution is 2.52. The van der Waals surface area contributed by atoms with Gasteiger partial charge in [0.2, 0.25) is 5.82 Å². The van der Waals surface area contributed by atoms with Gasteiger partial charge < -0.3 is 9.84 Å². The Kier molecular flexibility index (Phi) is 3.95. The maximum Gasteiger partial charge on any atom is 0.317 e. The molecule has 1 aromatic carbocycles. The summed E-state index contributed by atoms with van der Waals surface area (Å²) in [5, 5.41) is 8.64. The van der Waals surface area contributed by atoms with Gasteiger partial charge in [0, 0.05) is 16.2 Å². The number of ether oxygens (including phenoxy) is 1. The van der Waals surface area contributed by atoms with Gasteiger partial charge in [-0.2, -0.15) is 4.39 Å². The molecule has 1 aromatic rings. The molecular formula is C14H16F2O3S. The Morgan fingerprint density at radius 1 is 1.45 bits per heavy atom. The second-order valence-corrected chi connectivity index (χ2v) is 7.28. The molecule has 0 aromatic heterocycles. The Hall–Kier alpha value is -1.30. The van der Waals surface area contributed by atoms with Crippen LogP contribution in [-0.2, 0) is 4.79 Å². The van der Waals surface area contributed by atoms with Gasteiger partial charge in [-0.05, 0) is 12.5 Å². The molecule has 1 aliphatic heterocycles. The van der Waals surface area contributed by atoms with Gasteiger partial charge in [-0.25, -0.2) is 4.39 Å². The number of rotatable bonds is 3. The molecule has 20 heavy (non-hydrogen) atoms. The second-order valence-electron chi connectivity index (χ2n) is 5.43. The largest absolute Gasteiger partial charge is 0.493 e. The summed E-state index contributed by atoms with van der Waals surface area (Å²) in [5.74, 6) is -3.61. The van der Waals surface area contributed by atoms with E-state index in [1.54, 1.807) is 0 Å². The smallest absolute Gasteiger partial charge is 0.317 e. The molecule has 2 atom stereocenters. The topological polar surface area (TPSA) is 46.5 Å². The molecule has 1 heterocycles. The van der Waals surface area contributed by atoms with Crippen molar-refractivity contribution in [1.29, 1.82) is 0 Å². The summed E-state index contributed by atoms with van der Waals surface area (Å²) < 4.78 is 31.8. The molecule has 0 spiro atoms. The van der Waals surface area contributed by atoms with Crippen molar-refractivity contribution in [3.05, 3.63) is 29.3 Å². The number of hydrogen-bond donors (Lipinski definition) is 1. The van der Waals surface area contributed by atoms with Crippen LogP contribution in [0.4, 0.5) is 8.78 Å². The van der Waals surface area contributed by atoms with Crippen LogP contribution in [0.25, 0.3) is 0 Å². The second kappa shape index (κ2) is 5.24. The fourth-order valence-electron chi connectivity index (χ4n) is 2.65. The summed E-state index contributed by atoms with van der Waals surface area (Å²) in [4.78, 5) is 11.4. The molecule has 0 aliphatic carbocycles. The predicted octanol–water partition coefficient (Wildman–Crippen LogP) is 3.43. The predicted molar refractivity (Wildman–Crippen MR) is 73.4 cm³/mol. The van der Waals surface area contributed by atoms with Crippen LogP contribution >= 0.6 is 11.8 Å². The number of carboxylic acid groups (broad SMARTS) is 1. The van der Waals surface area contributed by atoms with Crippen LogP contribution in [0.5, 0.6) is 5.75 Å². The van der Waals surface area contributed by atoms with Crippen LogP contribution in [0.2, 0.25) is 0 Å². The molecule has 1 aliphatic rings. The molecular weight excluding hydrogens is 286 g/mol. The number of carbonyl (C=O) groups is 1. The molecule has 0 amide bonds. The summed E-state index contributed by atoms with van der Waals surface area (Å²) >= 11 is 1.34. The van der Waals surface area contributed by atoms with Crippen LogP contribution in [-0.4, -0.2) is 28.2 Å². The van der Waals surface area contributed by atoms with Crippen molar-refractivity contribution in [1.82, 2.24) is 0 Å². The number of aliphatic carboxylic acids is 1. The van der Waals surface area contributed by atoms with E-state index in [1.807, 2.05) is 13.8 Å². The van der Waals surface area contributed by atoms with Gasteiger partial charge in [0.25, 0.3) is 0 Å². The molecule has 110 valence electrons. The van der Waals surface area contributed by atoms with Crippen LogP contribution in [0.1, 0.15) is 31.7 Å². The SMILES string of the molecule is COc1c(C2CC(C)(C)SC2C(=O)O)ccc(F)c1F. The van der Waals surface area contributed by atoms with Crippen LogP contribution in [0.3, 0.4) is 0 Å². The van der Waals surface area contributed by atoms with Gasteiger partial charge in [-0.3, -0.25) is 4.79 Å². The maximum atomic E-state index is 13.8. The summed E-state index contributed by atoms with van der Waals surface area (Å²) in [6.07, 6.45) is 0.566. The standard InChI is InChI=1S/C14H16F2O3S/c1-14(2)6-8(12(20-14)13(17)18)7-4-5-9(15)10(16)11(7)19-3/h4-5,8,12H,6H2,1-3H3,(H,17,18). The quantitative estimate of drug-likeness (QED) is 0.929. The molecule has 0 saturated carbocycles. The Bertz CT molecular complexity index is 545. The lowest BCUT2D eigenvalue weighted by Crippen LogP contribution is -2.21. The lowest BCUT2D eigenvalue weighted by molar-refractivity contribution is -0.136. The van der Waals surface area contributed by atoms with E-state index in [-0.39, 0.29) is 10.5 Å². The third-order valence-corrected chi connectivity index (χ3v) is 5.04. The van der Waals surface area contributed by atoms with E-state index >= 15 is 0 Å². The van der Waals surface area contributed by atoms with Crippen LogP contribution < -0.4 is 4.74 Å². The van der Waals surface area contributed by atoms with E-state index in [1.165, 1.54) is 24.9 Å². The number of hydrogen-bond acceptors (Lipinski definition) is 3. The number of thioether (sulfide) groups is 1. The van der Waals surface area contributed by atoms with Crippen LogP contribution in [0.15, 0.2) is 12.1 Å². The Morgan fingerprint density at radius 2 is 2.10 bits per heavy atom. The molecule has 1 N–H and O–H groups in total. The number of benzene rings is 1. The van der Waals surface area contributed by atoms with Crippen molar-refractivity contribution in [3.8, 4) is 5.75 Å². The zero-order valence-corrected chi connectivity index (χ0v) is 12.3. The van der Waals surface area contributed by atoms with Gasteiger partial charge in [0.1, 0.15) is 5.25 Å². The Labute approximate surface area is 120 Å². The van der Waals surface area contributed by atoms with Crippen molar-refractivity contribution < 1.29 is 23.4 Å². The summed E-state index contributed by atoms with van der Waals surface area (Å²) in [7, 11) is 1.25. The normalized spacial score (nSPS) is 24.6. The van der Waals surface area contributed by atoms with Gasteiger partial charge in [-0.15, -0.1) is 11.8 Å². The number of carboxylic acids is 1. The van der Waals surface area contributed by atoms with Gasteiger partial charge >= 0.3 is 5.97 Å². The number of halogens is 2. The van der Waals surface area contributed by atoms with Gasteiger partial charge in [0.15, 0.2) is 11.6 Å². The first-order valence-electron chi connectivity index (χ1n) is 6.19. The molecule has 1 saturated heterocycles. The van der Waals surface area contributed by atoms with Crippen molar-refractivity contribution in [2.75, 3.05) is 7.11 Å². The highest BCUT2D eigenvalue weighted by molar-refractivity contribution is 8.02. The summed E-state index contributed by atoms with van der Waals surface area (Å²) in [5.41, 5.74) is 0.414. The molecule has 2 rings (SSSR count). The first-order valence-corrected chi connectivity index (χ1v) is 7.07. The van der Waals surface area contributed by atoms with E-state index in [0.29, 0.717) is 12.0 Å². The highest BCUT2D eigenvalue weighted by Gasteiger charge is 2.45. The first kappa shape index (κ1) is 15.1. The van der Waals surface area contributed by atoms with Crippen molar-refractivity contribution >= 4 is 17.7 Å². The minimum Gasteiger partial charge on any atom is -0.493 e. The molecule has 3 nitrogen and oxygen atoms in total. The average molecular weight is 302 g/mol. The Morgan fingerprint density at radius 3 is 2.65 bits per heavy atom.